The molecule has 0 aromatic heterocycles. The maximum Gasteiger partial charge on any atom is 0.417 e. The fourth-order valence-corrected chi connectivity index (χ4v) is 1.36. The normalized spacial score (nSPS) is 11.2. The zero-order chi connectivity index (χ0) is 12.3. The van der Waals surface area contributed by atoms with Gasteiger partial charge in [0.25, 0.3) is 0 Å². The first-order valence-electron chi connectivity index (χ1n) is 4.30. The topological polar surface area (TPSA) is 43.1 Å². The van der Waals surface area contributed by atoms with Crippen molar-refractivity contribution in [3.8, 4) is 0 Å². The van der Waals surface area contributed by atoms with Gasteiger partial charge in [-0.25, -0.2) is 0 Å². The molecule has 0 spiro atoms. The SMILES string of the molecule is NC(=S)CC(=O)c1ccccc1C(F)(F)F. The smallest absolute Gasteiger partial charge is 0.393 e. The summed E-state index contributed by atoms with van der Waals surface area (Å²) < 4.78 is 37.6. The zero-order valence-electron chi connectivity index (χ0n) is 8.04. The molecule has 0 aliphatic rings. The maximum absolute atomic E-state index is 12.5. The first kappa shape index (κ1) is 12.6. The van der Waals surface area contributed by atoms with Gasteiger partial charge in [0.05, 0.1) is 17.0 Å². The van der Waals surface area contributed by atoms with Crippen LogP contribution in [0.15, 0.2) is 24.3 Å². The summed E-state index contributed by atoms with van der Waals surface area (Å²) in [5.41, 5.74) is 3.76. The number of carbonyl (C=O) groups is 1. The first-order valence-corrected chi connectivity index (χ1v) is 4.71. The largest absolute Gasteiger partial charge is 0.417 e. The molecule has 0 aliphatic heterocycles. The van der Waals surface area contributed by atoms with Crippen LogP contribution in [-0.4, -0.2) is 10.8 Å². The lowest BCUT2D eigenvalue weighted by Crippen LogP contribution is -2.18. The molecule has 0 aliphatic carbocycles. The molecular weight excluding hydrogens is 239 g/mol. The molecule has 1 aromatic rings. The van der Waals surface area contributed by atoms with E-state index in [2.05, 4.69) is 12.2 Å². The van der Waals surface area contributed by atoms with Gasteiger partial charge in [-0.05, 0) is 6.07 Å². The Morgan fingerprint density at radius 3 is 2.38 bits per heavy atom. The highest BCUT2D eigenvalue weighted by Crippen LogP contribution is 2.32. The van der Waals surface area contributed by atoms with Crippen molar-refractivity contribution in [1.82, 2.24) is 0 Å². The summed E-state index contributed by atoms with van der Waals surface area (Å²) in [5, 5.41) is 0. The lowest BCUT2D eigenvalue weighted by Gasteiger charge is -2.11. The maximum atomic E-state index is 12.5. The average Bonchev–Trinajstić information content (AvgIpc) is 2.15. The van der Waals surface area contributed by atoms with E-state index in [1.807, 2.05) is 0 Å². The molecule has 1 aromatic carbocycles. The number of ketones is 1. The van der Waals surface area contributed by atoms with Gasteiger partial charge in [-0.1, -0.05) is 30.4 Å². The van der Waals surface area contributed by atoms with Crippen LogP contribution in [0.5, 0.6) is 0 Å². The van der Waals surface area contributed by atoms with Crippen LogP contribution in [0.4, 0.5) is 13.2 Å². The number of hydrogen-bond acceptors (Lipinski definition) is 2. The minimum Gasteiger partial charge on any atom is -0.393 e. The van der Waals surface area contributed by atoms with E-state index in [1.165, 1.54) is 12.1 Å². The van der Waals surface area contributed by atoms with E-state index in [9.17, 15) is 18.0 Å². The van der Waals surface area contributed by atoms with Gasteiger partial charge in [0, 0.05) is 5.56 Å². The molecule has 0 bridgehead atoms. The van der Waals surface area contributed by atoms with Gasteiger partial charge < -0.3 is 5.73 Å². The van der Waals surface area contributed by atoms with Crippen molar-refractivity contribution in [1.29, 1.82) is 0 Å². The van der Waals surface area contributed by atoms with Gasteiger partial charge in [0.1, 0.15) is 0 Å². The van der Waals surface area contributed by atoms with Crippen LogP contribution in [0.2, 0.25) is 0 Å². The lowest BCUT2D eigenvalue weighted by molar-refractivity contribution is -0.137. The second kappa shape index (κ2) is 4.61. The molecule has 0 saturated heterocycles. The van der Waals surface area contributed by atoms with Gasteiger partial charge >= 0.3 is 6.18 Å². The predicted octanol–water partition coefficient (Wildman–Crippen LogP) is 2.56. The summed E-state index contributed by atoms with van der Waals surface area (Å²) in [6, 6.07) is 4.55. The van der Waals surface area contributed by atoms with Crippen LogP contribution >= 0.6 is 12.2 Å². The Bertz CT molecular complexity index is 428. The number of benzene rings is 1. The Labute approximate surface area is 95.2 Å². The number of hydrogen-bond donors (Lipinski definition) is 1. The molecule has 6 heteroatoms. The molecule has 0 saturated carbocycles. The third kappa shape index (κ3) is 3.03. The zero-order valence-corrected chi connectivity index (χ0v) is 8.86. The average molecular weight is 247 g/mol. The van der Waals surface area contributed by atoms with Gasteiger partial charge in [-0.15, -0.1) is 0 Å². The van der Waals surface area contributed by atoms with E-state index < -0.39 is 23.1 Å². The molecule has 16 heavy (non-hydrogen) atoms. The standard InChI is InChI=1S/C10H8F3NOS/c11-10(12,13)7-4-2-1-3-6(7)8(15)5-9(14)16/h1-4H,5H2,(H2,14,16). The summed E-state index contributed by atoms with van der Waals surface area (Å²) in [7, 11) is 0. The monoisotopic (exact) mass is 247 g/mol. The highest BCUT2D eigenvalue weighted by atomic mass is 32.1. The number of alkyl halides is 3. The fourth-order valence-electron chi connectivity index (χ4n) is 1.23. The number of nitrogens with two attached hydrogens (primary N) is 1. The van der Waals surface area contributed by atoms with Crippen LogP contribution in [-0.2, 0) is 6.18 Å². The molecule has 0 amide bonds. The highest BCUT2D eigenvalue weighted by Gasteiger charge is 2.34. The van der Waals surface area contributed by atoms with E-state index in [4.69, 9.17) is 5.73 Å². The number of thiocarbonyl (C=S) groups is 1. The number of carbonyl (C=O) groups excluding carboxylic acids is 1. The highest BCUT2D eigenvalue weighted by molar-refractivity contribution is 7.80. The quantitative estimate of drug-likeness (QED) is 0.659. The minimum atomic E-state index is -4.55. The van der Waals surface area contributed by atoms with Crippen molar-refractivity contribution in [2.45, 2.75) is 12.6 Å². The molecule has 86 valence electrons. The number of rotatable bonds is 3. The summed E-state index contributed by atoms with van der Waals surface area (Å²) in [5.74, 6) is -0.722. The predicted molar refractivity (Wildman–Crippen MR) is 57.2 cm³/mol. The van der Waals surface area contributed by atoms with E-state index in [0.717, 1.165) is 12.1 Å². The van der Waals surface area contributed by atoms with Gasteiger partial charge in [0.15, 0.2) is 5.78 Å². The van der Waals surface area contributed by atoms with E-state index in [1.54, 1.807) is 0 Å². The van der Waals surface area contributed by atoms with E-state index >= 15 is 0 Å². The Morgan fingerprint density at radius 1 is 1.31 bits per heavy atom. The number of Topliss-reactive ketones (excluding diaryl/α,β-unsaturated/α-hetero) is 1. The molecular formula is C10H8F3NOS. The van der Waals surface area contributed by atoms with Crippen molar-refractivity contribution >= 4 is 23.0 Å². The number of halogens is 3. The second-order valence-corrected chi connectivity index (χ2v) is 3.63. The summed E-state index contributed by atoms with van der Waals surface area (Å²) >= 11 is 4.48. The van der Waals surface area contributed by atoms with Crippen LogP contribution < -0.4 is 5.73 Å². The van der Waals surface area contributed by atoms with Gasteiger partial charge in [-0.3, -0.25) is 4.79 Å². The van der Waals surface area contributed by atoms with Gasteiger partial charge in [-0.2, -0.15) is 13.2 Å². The Morgan fingerprint density at radius 2 is 1.88 bits per heavy atom. The Kier molecular flexibility index (Phi) is 3.64. The summed E-state index contributed by atoms with van der Waals surface area (Å²) in [6.45, 7) is 0. The van der Waals surface area contributed by atoms with Crippen LogP contribution in [0.3, 0.4) is 0 Å². The third-order valence-corrected chi connectivity index (χ3v) is 2.01. The fraction of sp³-hybridized carbons (Fsp3) is 0.200. The van der Waals surface area contributed by atoms with Crippen molar-refractivity contribution in [3.63, 3.8) is 0 Å². The molecule has 0 unspecified atom stereocenters. The van der Waals surface area contributed by atoms with Crippen LogP contribution in [0.1, 0.15) is 22.3 Å². The summed E-state index contributed by atoms with van der Waals surface area (Å²) in [4.78, 5) is 11.3. The second-order valence-electron chi connectivity index (χ2n) is 3.11. The van der Waals surface area contributed by atoms with Crippen LogP contribution in [0.25, 0.3) is 0 Å². The Hall–Kier alpha value is -1.43. The summed E-state index contributed by atoms with van der Waals surface area (Å²) in [6.07, 6.45) is -4.91. The lowest BCUT2D eigenvalue weighted by atomic mass is 10.0. The van der Waals surface area contributed by atoms with Crippen molar-refractivity contribution in [2.75, 3.05) is 0 Å². The van der Waals surface area contributed by atoms with Crippen molar-refractivity contribution in [2.24, 2.45) is 5.73 Å². The molecule has 1 rings (SSSR count). The van der Waals surface area contributed by atoms with E-state index in [0.29, 0.717) is 0 Å². The third-order valence-electron chi connectivity index (χ3n) is 1.87. The van der Waals surface area contributed by atoms with Crippen LogP contribution in [0, 0.1) is 0 Å². The Balaban J connectivity index is 3.14. The van der Waals surface area contributed by atoms with E-state index in [-0.39, 0.29) is 11.4 Å². The van der Waals surface area contributed by atoms with Gasteiger partial charge in [0.2, 0.25) is 0 Å². The molecule has 2 nitrogen and oxygen atoms in total. The first-order chi connectivity index (χ1) is 7.32. The van der Waals surface area contributed by atoms with Crippen molar-refractivity contribution in [3.05, 3.63) is 35.4 Å². The molecule has 0 fully saturated rings. The minimum absolute atomic E-state index is 0.123. The molecule has 0 radical (unpaired) electrons. The molecule has 2 N–H and O–H groups in total. The van der Waals surface area contributed by atoms with Crippen molar-refractivity contribution < 1.29 is 18.0 Å². The molecule has 0 atom stereocenters. The molecule has 0 heterocycles.